The molecule has 1 aliphatic heterocycles. The fourth-order valence-electron chi connectivity index (χ4n) is 5.96. The predicted molar refractivity (Wildman–Crippen MR) is 163 cm³/mol. The van der Waals surface area contributed by atoms with E-state index < -0.39 is 0 Å². The van der Waals surface area contributed by atoms with Crippen molar-refractivity contribution < 1.29 is 19.1 Å². The van der Waals surface area contributed by atoms with E-state index in [0.29, 0.717) is 22.6 Å². The highest BCUT2D eigenvalue weighted by Gasteiger charge is 2.37. The lowest BCUT2D eigenvalue weighted by Crippen LogP contribution is -2.44. The van der Waals surface area contributed by atoms with Crippen LogP contribution in [0.3, 0.4) is 0 Å². The average Bonchev–Trinajstić information content (AvgIpc) is 2.94. The van der Waals surface area contributed by atoms with Crippen LogP contribution in [0.1, 0.15) is 87.7 Å². The maximum absolute atomic E-state index is 13.8. The summed E-state index contributed by atoms with van der Waals surface area (Å²) in [5, 5.41) is 0.637. The van der Waals surface area contributed by atoms with Crippen molar-refractivity contribution in [1.29, 1.82) is 0 Å². The maximum atomic E-state index is 13.8. The Morgan fingerprint density at radius 2 is 1.73 bits per heavy atom. The second-order valence-electron chi connectivity index (χ2n) is 11.2. The molecule has 2 aliphatic rings. The van der Waals surface area contributed by atoms with Crippen LogP contribution in [-0.4, -0.2) is 36.0 Å². The number of carbonyl (C=O) groups is 2. The van der Waals surface area contributed by atoms with E-state index >= 15 is 0 Å². The molecule has 41 heavy (non-hydrogen) atoms. The molecule has 1 fully saturated rings. The number of benzene rings is 3. The molecule has 7 heteroatoms. The summed E-state index contributed by atoms with van der Waals surface area (Å²) in [7, 11) is 1.62. The Morgan fingerprint density at radius 3 is 2.29 bits per heavy atom. The molecule has 1 aliphatic carbocycles. The number of fused-ring (bicyclic) bond motifs is 1. The first-order valence-electron chi connectivity index (χ1n) is 14.6. The van der Waals surface area contributed by atoms with E-state index in [1.54, 1.807) is 14.0 Å². The van der Waals surface area contributed by atoms with E-state index in [1.165, 1.54) is 6.42 Å². The van der Waals surface area contributed by atoms with Crippen molar-refractivity contribution in [3.63, 3.8) is 0 Å². The Bertz CT molecular complexity index is 1400. The molecule has 0 spiro atoms. The Balaban J connectivity index is 1.56. The number of carbonyl (C=O) groups excluding carboxylic acids is 2. The summed E-state index contributed by atoms with van der Waals surface area (Å²) < 4.78 is 11.9. The van der Waals surface area contributed by atoms with Crippen molar-refractivity contribution in [2.24, 2.45) is 0 Å². The van der Waals surface area contributed by atoms with Gasteiger partial charge in [0.2, 0.25) is 11.8 Å². The zero-order valence-electron chi connectivity index (χ0n) is 24.5. The summed E-state index contributed by atoms with van der Waals surface area (Å²) in [6, 6.07) is 19.6. The van der Waals surface area contributed by atoms with E-state index in [0.717, 1.165) is 47.2 Å². The highest BCUT2D eigenvalue weighted by Crippen LogP contribution is 2.44. The van der Waals surface area contributed by atoms with Crippen molar-refractivity contribution >= 4 is 29.1 Å². The minimum atomic E-state index is -0.374. The lowest BCUT2D eigenvalue weighted by Gasteiger charge is -2.41. The molecule has 2 amide bonds. The zero-order valence-corrected chi connectivity index (χ0v) is 25.3. The third-order valence-corrected chi connectivity index (χ3v) is 8.83. The lowest BCUT2D eigenvalue weighted by atomic mass is 9.86. The van der Waals surface area contributed by atoms with Crippen molar-refractivity contribution in [2.75, 3.05) is 12.0 Å². The van der Waals surface area contributed by atoms with Gasteiger partial charge in [-0.2, -0.15) is 0 Å². The first-order chi connectivity index (χ1) is 19.7. The number of ether oxygens (including phenoxy) is 2. The van der Waals surface area contributed by atoms with Gasteiger partial charge < -0.3 is 19.3 Å². The fraction of sp³-hybridized carbons (Fsp3) is 0.412. The van der Waals surface area contributed by atoms with Crippen LogP contribution in [-0.2, 0) is 16.0 Å². The summed E-state index contributed by atoms with van der Waals surface area (Å²) in [5.74, 6) is 1.39. The van der Waals surface area contributed by atoms with Gasteiger partial charge in [0, 0.05) is 23.7 Å². The number of halogens is 1. The van der Waals surface area contributed by atoms with Crippen molar-refractivity contribution in [3.05, 3.63) is 87.9 Å². The molecule has 216 valence electrons. The minimum Gasteiger partial charge on any atom is -0.493 e. The van der Waals surface area contributed by atoms with Crippen molar-refractivity contribution in [3.8, 4) is 11.5 Å². The summed E-state index contributed by atoms with van der Waals surface area (Å²) >= 11 is 6.26. The molecule has 3 unspecified atom stereocenters. The molecule has 1 saturated carbocycles. The van der Waals surface area contributed by atoms with Crippen LogP contribution in [0.15, 0.2) is 60.7 Å². The summed E-state index contributed by atoms with van der Waals surface area (Å²) in [6.07, 6.45) is 4.40. The Hall–Kier alpha value is -3.51. The third-order valence-electron chi connectivity index (χ3n) is 8.58. The summed E-state index contributed by atoms with van der Waals surface area (Å²) in [4.78, 5) is 30.2. The summed E-state index contributed by atoms with van der Waals surface area (Å²) in [5.41, 5.74) is 4.72. The molecule has 3 aromatic carbocycles. The maximum Gasteiger partial charge on any atom is 0.232 e. The molecule has 3 atom stereocenters. The van der Waals surface area contributed by atoms with E-state index in [9.17, 15) is 9.59 Å². The van der Waals surface area contributed by atoms with Crippen LogP contribution in [0, 0.1) is 0 Å². The Labute approximate surface area is 248 Å². The number of rotatable bonds is 9. The van der Waals surface area contributed by atoms with Gasteiger partial charge in [0.25, 0.3) is 0 Å². The van der Waals surface area contributed by atoms with Gasteiger partial charge in [-0.15, -0.1) is 0 Å². The van der Waals surface area contributed by atoms with Gasteiger partial charge in [0.05, 0.1) is 31.7 Å². The number of hydrogen-bond donors (Lipinski definition) is 0. The quantitative estimate of drug-likeness (QED) is 0.263. The van der Waals surface area contributed by atoms with Gasteiger partial charge >= 0.3 is 0 Å². The van der Waals surface area contributed by atoms with Crippen LogP contribution in [0.4, 0.5) is 5.69 Å². The highest BCUT2D eigenvalue weighted by molar-refractivity contribution is 6.30. The first kappa shape index (κ1) is 29.0. The molecule has 3 aromatic rings. The number of nitrogens with zero attached hydrogens (tertiary/aromatic N) is 2. The number of hydrogen-bond acceptors (Lipinski definition) is 4. The van der Waals surface area contributed by atoms with Gasteiger partial charge in [-0.25, -0.2) is 0 Å². The topological polar surface area (TPSA) is 59.1 Å². The predicted octanol–water partition coefficient (Wildman–Crippen LogP) is 7.67. The molecule has 5 rings (SSSR count). The second-order valence-corrected chi connectivity index (χ2v) is 11.6. The smallest absolute Gasteiger partial charge is 0.232 e. The van der Waals surface area contributed by atoms with E-state index in [1.807, 2.05) is 77.4 Å². The zero-order chi connectivity index (χ0) is 29.3. The molecule has 6 nitrogen and oxygen atoms in total. The van der Waals surface area contributed by atoms with E-state index in [4.69, 9.17) is 21.1 Å². The van der Waals surface area contributed by atoms with Crippen LogP contribution >= 0.6 is 11.6 Å². The van der Waals surface area contributed by atoms with E-state index in [2.05, 4.69) is 13.8 Å². The lowest BCUT2D eigenvalue weighted by molar-refractivity contribution is -0.135. The monoisotopic (exact) mass is 574 g/mol. The molecule has 0 N–H and O–H groups in total. The van der Waals surface area contributed by atoms with E-state index in [-0.39, 0.29) is 36.4 Å². The normalized spacial score (nSPS) is 18.2. The van der Waals surface area contributed by atoms with Crippen LogP contribution < -0.4 is 14.4 Å². The average molecular weight is 575 g/mol. The molecule has 1 heterocycles. The third kappa shape index (κ3) is 5.80. The molecular weight excluding hydrogens is 536 g/mol. The fourth-order valence-corrected chi connectivity index (χ4v) is 6.09. The standard InChI is InChI=1S/C34H39ClN2O4/c1-6-21(2)41-32-20-30-26(18-31(32)40-5)19-33(39)37(34(30)25-10-14-27(35)15-11-25)29-16-12-24(13-17-29)22(3)36(23(4)38)28-8-7-9-28/h10-18,20-22,28,34H,6-9,19H2,1-5H3. The Kier molecular flexibility index (Phi) is 8.60. The number of methoxy groups -OCH3 is 1. The minimum absolute atomic E-state index is 0.00396. The van der Waals surface area contributed by atoms with Crippen molar-refractivity contribution in [2.45, 2.75) is 84.0 Å². The van der Waals surface area contributed by atoms with Gasteiger partial charge in [0.15, 0.2) is 11.5 Å². The Morgan fingerprint density at radius 1 is 1.05 bits per heavy atom. The van der Waals surface area contributed by atoms with Gasteiger partial charge in [-0.1, -0.05) is 42.8 Å². The molecule has 0 aromatic heterocycles. The van der Waals surface area contributed by atoms with Gasteiger partial charge in [0.1, 0.15) is 0 Å². The van der Waals surface area contributed by atoms with Crippen LogP contribution in [0.25, 0.3) is 0 Å². The molecule has 0 saturated heterocycles. The molecule has 0 bridgehead atoms. The SMILES string of the molecule is CCC(C)Oc1cc2c(cc1OC)CC(=O)N(c1ccc(C(C)N(C(C)=O)C3CCC3)cc1)C2c1ccc(Cl)cc1. The largest absolute Gasteiger partial charge is 0.493 e. The van der Waals surface area contributed by atoms with Gasteiger partial charge in [-0.05, 0) is 98.2 Å². The number of anilines is 1. The summed E-state index contributed by atoms with van der Waals surface area (Å²) in [6.45, 7) is 7.85. The van der Waals surface area contributed by atoms with Crippen LogP contribution in [0.2, 0.25) is 5.02 Å². The van der Waals surface area contributed by atoms with Crippen molar-refractivity contribution in [1.82, 2.24) is 4.90 Å². The number of amides is 2. The highest BCUT2D eigenvalue weighted by atomic mass is 35.5. The molecular formula is C34H39ClN2O4. The van der Waals surface area contributed by atoms with Gasteiger partial charge in [-0.3, -0.25) is 9.59 Å². The second kappa shape index (κ2) is 12.2. The van der Waals surface area contributed by atoms with Crippen LogP contribution in [0.5, 0.6) is 11.5 Å². The molecule has 0 radical (unpaired) electrons. The first-order valence-corrected chi connectivity index (χ1v) is 14.9.